The van der Waals surface area contributed by atoms with E-state index >= 15 is 0 Å². The van der Waals surface area contributed by atoms with Crippen molar-refractivity contribution in [1.29, 1.82) is 0 Å². The number of nitrogens with zero attached hydrogens (tertiary/aromatic N) is 3. The van der Waals surface area contributed by atoms with Crippen LogP contribution < -0.4 is 4.90 Å². The quantitative estimate of drug-likeness (QED) is 0.353. The van der Waals surface area contributed by atoms with Crippen LogP contribution in [0.2, 0.25) is 0 Å². The molecule has 8 heteroatoms. The van der Waals surface area contributed by atoms with Gasteiger partial charge in [0.15, 0.2) is 0 Å². The first-order valence-corrected chi connectivity index (χ1v) is 12.3. The van der Waals surface area contributed by atoms with Gasteiger partial charge in [-0.05, 0) is 37.8 Å². The first-order chi connectivity index (χ1) is 13.7. The molecule has 1 amide bonds. The topological polar surface area (TPSA) is 81.6 Å². The predicted octanol–water partition coefficient (Wildman–Crippen LogP) is 3.07. The third-order valence-corrected chi connectivity index (χ3v) is 5.68. The summed E-state index contributed by atoms with van der Waals surface area (Å²) in [6.07, 6.45) is 9.63. The van der Waals surface area contributed by atoms with E-state index < -0.39 is 15.9 Å². The maximum atomic E-state index is 13.0. The van der Waals surface area contributed by atoms with Crippen LogP contribution in [0.25, 0.3) is 0 Å². The molecule has 1 aromatic carbocycles. The van der Waals surface area contributed by atoms with E-state index in [1.165, 1.54) is 24.4 Å². The summed E-state index contributed by atoms with van der Waals surface area (Å²) in [5, 5.41) is 0. The summed E-state index contributed by atoms with van der Waals surface area (Å²) in [4.78, 5) is 34.6. The minimum Gasteiger partial charge on any atom is -0.469 e. The summed E-state index contributed by atoms with van der Waals surface area (Å²) in [7, 11) is 0.658. The van der Waals surface area contributed by atoms with E-state index in [0.717, 1.165) is 5.75 Å². The number of para-hydroxylation sites is 1. The molecule has 0 saturated carbocycles. The summed E-state index contributed by atoms with van der Waals surface area (Å²) in [5.41, 5.74) is 1.29. The molecule has 158 valence electrons. The summed E-state index contributed by atoms with van der Waals surface area (Å²) >= 11 is 0. The highest BCUT2D eigenvalue weighted by molar-refractivity contribution is 8.32. The predicted molar refractivity (Wildman–Crippen MR) is 117 cm³/mol. The molecule has 0 aliphatic heterocycles. The van der Waals surface area contributed by atoms with Crippen LogP contribution in [0, 0.1) is 0 Å². The molecule has 7 nitrogen and oxygen atoms in total. The van der Waals surface area contributed by atoms with Crippen molar-refractivity contribution in [3.8, 4) is 0 Å². The molecular formula is C21H29N3O4S. The van der Waals surface area contributed by atoms with E-state index in [1.54, 1.807) is 6.92 Å². The second kappa shape index (κ2) is 10.4. The fourth-order valence-corrected chi connectivity index (χ4v) is 3.05. The Labute approximate surface area is 173 Å². The monoisotopic (exact) mass is 419 g/mol. The fraction of sp³-hybridized carbons (Fsp3) is 0.429. The Hall–Kier alpha value is -2.45. The molecule has 1 heterocycles. The van der Waals surface area contributed by atoms with Crippen LogP contribution in [0.1, 0.15) is 29.0 Å². The Kier molecular flexibility index (Phi) is 8.16. The summed E-state index contributed by atoms with van der Waals surface area (Å²) in [6.45, 7) is 2.39. The van der Waals surface area contributed by atoms with Crippen LogP contribution in [0.5, 0.6) is 0 Å². The molecule has 0 N–H and O–H groups in total. The zero-order valence-corrected chi connectivity index (χ0v) is 18.4. The van der Waals surface area contributed by atoms with E-state index in [-0.39, 0.29) is 24.4 Å². The highest BCUT2D eigenvalue weighted by atomic mass is 32.3. The molecule has 0 saturated heterocycles. The Bertz CT molecular complexity index is 807. The van der Waals surface area contributed by atoms with Gasteiger partial charge in [-0.1, -0.05) is 18.2 Å². The zero-order valence-electron chi connectivity index (χ0n) is 17.6. The van der Waals surface area contributed by atoms with Gasteiger partial charge in [-0.25, -0.2) is 20.0 Å². The first-order valence-electron chi connectivity index (χ1n) is 9.23. The smallest absolute Gasteiger partial charge is 0.312 e. The number of aromatic nitrogens is 2. The molecule has 0 fully saturated rings. The minimum atomic E-state index is -0.672. The number of amides is 1. The Morgan fingerprint density at radius 3 is 2.28 bits per heavy atom. The normalized spacial score (nSPS) is 12.9. The minimum absolute atomic E-state index is 0.0414. The van der Waals surface area contributed by atoms with E-state index in [1.807, 2.05) is 30.3 Å². The van der Waals surface area contributed by atoms with Gasteiger partial charge in [-0.2, -0.15) is 0 Å². The third kappa shape index (κ3) is 6.83. The Morgan fingerprint density at radius 1 is 1.10 bits per heavy atom. The van der Waals surface area contributed by atoms with Gasteiger partial charge in [0.05, 0.1) is 19.6 Å². The molecule has 0 bridgehead atoms. The van der Waals surface area contributed by atoms with Crippen molar-refractivity contribution in [2.45, 2.75) is 12.8 Å². The second-order valence-corrected chi connectivity index (χ2v) is 12.1. The number of esters is 1. The maximum Gasteiger partial charge on any atom is 0.312 e. The summed E-state index contributed by atoms with van der Waals surface area (Å²) < 4.78 is 10.5. The SMILES string of the molecule is COC(=O)C(C)c1cnc(C(=O)N(COCCS(C)(C)C)c2ccccc2)nc1. The van der Waals surface area contributed by atoms with E-state index in [2.05, 4.69) is 28.7 Å². The molecule has 29 heavy (non-hydrogen) atoms. The van der Waals surface area contributed by atoms with Crippen molar-refractivity contribution >= 4 is 27.6 Å². The standard InChI is InChI=1S/C21H29N3O4S/c1-16(21(26)27-2)17-13-22-19(23-14-17)20(25)24(18-9-7-6-8-10-18)15-28-11-12-29(3,4)5/h6-10,13-14,16H,11-12,15H2,1-5H3. The molecule has 0 radical (unpaired) electrons. The van der Waals surface area contributed by atoms with E-state index in [0.29, 0.717) is 17.9 Å². The molecule has 1 unspecified atom stereocenters. The highest BCUT2D eigenvalue weighted by Gasteiger charge is 2.22. The van der Waals surface area contributed by atoms with Crippen LogP contribution in [0.15, 0.2) is 42.7 Å². The van der Waals surface area contributed by atoms with Crippen molar-refractivity contribution in [2.75, 3.05) is 49.9 Å². The van der Waals surface area contributed by atoms with Gasteiger partial charge >= 0.3 is 5.97 Å². The number of anilines is 1. The van der Waals surface area contributed by atoms with Gasteiger partial charge in [0.2, 0.25) is 5.82 Å². The number of rotatable bonds is 9. The molecule has 0 spiro atoms. The molecule has 1 aromatic heterocycles. The number of carbonyl (C=O) groups is 2. The van der Waals surface area contributed by atoms with Gasteiger partial charge < -0.3 is 9.47 Å². The lowest BCUT2D eigenvalue weighted by molar-refractivity contribution is -0.142. The van der Waals surface area contributed by atoms with Crippen LogP contribution in [0.4, 0.5) is 5.69 Å². The Balaban J connectivity index is 2.15. The van der Waals surface area contributed by atoms with Crippen molar-refractivity contribution in [1.82, 2.24) is 9.97 Å². The lowest BCUT2D eigenvalue weighted by atomic mass is 10.1. The maximum absolute atomic E-state index is 13.0. The van der Waals surface area contributed by atoms with Gasteiger partial charge in [0.1, 0.15) is 6.73 Å². The zero-order chi connectivity index (χ0) is 21.4. The van der Waals surface area contributed by atoms with Crippen LogP contribution in [0.3, 0.4) is 0 Å². The lowest BCUT2D eigenvalue weighted by Crippen LogP contribution is -2.35. The van der Waals surface area contributed by atoms with Crippen molar-refractivity contribution in [2.24, 2.45) is 0 Å². The highest BCUT2D eigenvalue weighted by Crippen LogP contribution is 2.33. The average molecular weight is 420 g/mol. The summed E-state index contributed by atoms with van der Waals surface area (Å²) in [6, 6.07) is 9.28. The number of methoxy groups -OCH3 is 1. The molecular weight excluding hydrogens is 390 g/mol. The molecule has 2 rings (SSSR count). The van der Waals surface area contributed by atoms with Crippen molar-refractivity contribution in [3.63, 3.8) is 0 Å². The number of hydrogen-bond acceptors (Lipinski definition) is 6. The number of carbonyl (C=O) groups excluding carboxylic acids is 2. The molecule has 0 aliphatic rings. The number of benzene rings is 1. The molecule has 0 aliphatic carbocycles. The second-order valence-electron chi connectivity index (χ2n) is 7.49. The summed E-state index contributed by atoms with van der Waals surface area (Å²) in [5.74, 6) is -0.248. The van der Waals surface area contributed by atoms with Crippen molar-refractivity contribution < 1.29 is 19.1 Å². The fourth-order valence-electron chi connectivity index (χ4n) is 2.43. The van der Waals surface area contributed by atoms with E-state index in [9.17, 15) is 9.59 Å². The first kappa shape index (κ1) is 22.8. The molecule has 1 atom stereocenters. The third-order valence-electron chi connectivity index (χ3n) is 4.29. The Morgan fingerprint density at radius 2 is 1.72 bits per heavy atom. The largest absolute Gasteiger partial charge is 0.469 e. The van der Waals surface area contributed by atoms with Gasteiger partial charge in [0, 0.05) is 29.4 Å². The lowest BCUT2D eigenvalue weighted by Gasteiger charge is -2.26. The van der Waals surface area contributed by atoms with Gasteiger partial charge in [0.25, 0.3) is 5.91 Å². The van der Waals surface area contributed by atoms with Crippen LogP contribution in [-0.2, 0) is 14.3 Å². The molecule has 2 aromatic rings. The average Bonchev–Trinajstić information content (AvgIpc) is 2.72. The van der Waals surface area contributed by atoms with Crippen molar-refractivity contribution in [3.05, 3.63) is 54.1 Å². The van der Waals surface area contributed by atoms with Crippen LogP contribution >= 0.6 is 10.0 Å². The number of ether oxygens (including phenoxy) is 2. The van der Waals surface area contributed by atoms with E-state index in [4.69, 9.17) is 9.47 Å². The van der Waals surface area contributed by atoms with Gasteiger partial charge in [-0.15, -0.1) is 0 Å². The van der Waals surface area contributed by atoms with Gasteiger partial charge in [-0.3, -0.25) is 14.5 Å². The van der Waals surface area contributed by atoms with Crippen LogP contribution in [-0.4, -0.2) is 66.8 Å². The number of hydrogen-bond donors (Lipinski definition) is 0.